The summed E-state index contributed by atoms with van der Waals surface area (Å²) < 4.78 is 0. The number of hydrogen-bond acceptors (Lipinski definition) is 4. The first kappa shape index (κ1) is 16.7. The van der Waals surface area contributed by atoms with Gasteiger partial charge in [0.15, 0.2) is 0 Å². The molecule has 6 nitrogen and oxygen atoms in total. The van der Waals surface area contributed by atoms with Crippen LogP contribution in [0, 0.1) is 6.92 Å². The van der Waals surface area contributed by atoms with Gasteiger partial charge in [-0.2, -0.15) is 0 Å². The van der Waals surface area contributed by atoms with Crippen molar-refractivity contribution >= 4 is 29.1 Å². The summed E-state index contributed by atoms with van der Waals surface area (Å²) in [7, 11) is 0. The van der Waals surface area contributed by atoms with E-state index in [1.54, 1.807) is 42.6 Å². The lowest BCUT2D eigenvalue weighted by Gasteiger charge is -2.14. The highest BCUT2D eigenvalue weighted by Gasteiger charge is 2.17. The van der Waals surface area contributed by atoms with Crippen LogP contribution in [0.2, 0.25) is 0 Å². The molecule has 0 saturated carbocycles. The van der Waals surface area contributed by atoms with Crippen LogP contribution in [0.4, 0.5) is 0 Å². The van der Waals surface area contributed by atoms with Crippen molar-refractivity contribution in [3.8, 4) is 0 Å². The molecule has 0 aliphatic carbocycles. The molecule has 0 unspecified atom stereocenters. The molecule has 0 bridgehead atoms. The minimum Gasteiger partial charge on any atom is -0.340 e. The molecule has 0 aliphatic rings. The Labute approximate surface area is 137 Å². The summed E-state index contributed by atoms with van der Waals surface area (Å²) in [6.07, 6.45) is 0. The standard InChI is InChI=1S/C16H17N3O3S/c1-10-5-3-6-12(9-10)15(21)17-11(2)14(20)18-19-16(22)13-7-4-8-23-13/h3-9,11H,1-2H3,(H,17,21)(H,18,20)(H,19,22)/t11-/m0/s1. The molecule has 0 radical (unpaired) electrons. The number of hydrazine groups is 1. The lowest BCUT2D eigenvalue weighted by molar-refractivity contribution is -0.123. The Balaban J connectivity index is 1.85. The highest BCUT2D eigenvalue weighted by Crippen LogP contribution is 2.07. The average molecular weight is 331 g/mol. The van der Waals surface area contributed by atoms with Gasteiger partial charge in [-0.05, 0) is 37.4 Å². The molecule has 2 rings (SSSR count). The number of carbonyl (C=O) groups excluding carboxylic acids is 3. The van der Waals surface area contributed by atoms with E-state index >= 15 is 0 Å². The van der Waals surface area contributed by atoms with Gasteiger partial charge < -0.3 is 5.32 Å². The quantitative estimate of drug-likeness (QED) is 0.744. The molecule has 120 valence electrons. The first-order chi connectivity index (χ1) is 11.0. The van der Waals surface area contributed by atoms with Gasteiger partial charge in [-0.15, -0.1) is 11.3 Å². The topological polar surface area (TPSA) is 87.3 Å². The molecule has 0 aliphatic heterocycles. The highest BCUT2D eigenvalue weighted by molar-refractivity contribution is 7.12. The van der Waals surface area contributed by atoms with Crippen molar-refractivity contribution in [1.82, 2.24) is 16.2 Å². The molecule has 7 heteroatoms. The monoisotopic (exact) mass is 331 g/mol. The molecule has 3 amide bonds. The number of hydrogen-bond donors (Lipinski definition) is 3. The van der Waals surface area contributed by atoms with Crippen molar-refractivity contribution in [2.24, 2.45) is 0 Å². The molecule has 1 heterocycles. The fourth-order valence-corrected chi connectivity index (χ4v) is 2.45. The minimum absolute atomic E-state index is 0.346. The largest absolute Gasteiger partial charge is 0.340 e. The first-order valence-corrected chi connectivity index (χ1v) is 7.86. The third kappa shape index (κ3) is 4.65. The lowest BCUT2D eigenvalue weighted by Crippen LogP contribution is -2.51. The molecule has 1 aromatic heterocycles. The van der Waals surface area contributed by atoms with Crippen LogP contribution >= 0.6 is 11.3 Å². The molecular weight excluding hydrogens is 314 g/mol. The molecule has 3 N–H and O–H groups in total. The van der Waals surface area contributed by atoms with Crippen molar-refractivity contribution in [3.63, 3.8) is 0 Å². The van der Waals surface area contributed by atoms with E-state index in [1.807, 2.05) is 13.0 Å². The van der Waals surface area contributed by atoms with Gasteiger partial charge in [0.05, 0.1) is 4.88 Å². The van der Waals surface area contributed by atoms with Gasteiger partial charge in [0.2, 0.25) is 0 Å². The number of nitrogens with one attached hydrogen (secondary N) is 3. The van der Waals surface area contributed by atoms with E-state index in [4.69, 9.17) is 0 Å². The van der Waals surface area contributed by atoms with Gasteiger partial charge in [-0.25, -0.2) is 0 Å². The molecule has 0 fully saturated rings. The Hall–Kier alpha value is -2.67. The first-order valence-electron chi connectivity index (χ1n) is 6.98. The van der Waals surface area contributed by atoms with Crippen LogP contribution in [0.1, 0.15) is 32.5 Å². The van der Waals surface area contributed by atoms with E-state index < -0.39 is 17.9 Å². The van der Waals surface area contributed by atoms with Crippen molar-refractivity contribution in [1.29, 1.82) is 0 Å². The predicted molar refractivity (Wildman–Crippen MR) is 88.0 cm³/mol. The zero-order valence-corrected chi connectivity index (χ0v) is 13.6. The SMILES string of the molecule is Cc1cccc(C(=O)N[C@@H](C)C(=O)NNC(=O)c2cccs2)c1. The third-order valence-electron chi connectivity index (χ3n) is 3.07. The van der Waals surface area contributed by atoms with Gasteiger partial charge in [0.25, 0.3) is 17.7 Å². The molecule has 1 atom stereocenters. The van der Waals surface area contributed by atoms with E-state index in [1.165, 1.54) is 11.3 Å². The van der Waals surface area contributed by atoms with Crippen LogP contribution in [0.15, 0.2) is 41.8 Å². The van der Waals surface area contributed by atoms with Crippen LogP contribution in [0.25, 0.3) is 0 Å². The average Bonchev–Trinajstić information content (AvgIpc) is 3.06. The van der Waals surface area contributed by atoms with Gasteiger partial charge in [-0.3, -0.25) is 25.2 Å². The lowest BCUT2D eigenvalue weighted by atomic mass is 10.1. The third-order valence-corrected chi connectivity index (χ3v) is 3.93. The number of carbonyl (C=O) groups is 3. The van der Waals surface area contributed by atoms with Crippen LogP contribution in [-0.2, 0) is 4.79 Å². The van der Waals surface area contributed by atoms with Crippen LogP contribution < -0.4 is 16.2 Å². The predicted octanol–water partition coefficient (Wildman–Crippen LogP) is 1.64. The van der Waals surface area contributed by atoms with E-state index in [2.05, 4.69) is 16.2 Å². The van der Waals surface area contributed by atoms with E-state index in [0.717, 1.165) is 5.56 Å². The second-order valence-corrected chi connectivity index (χ2v) is 5.93. The van der Waals surface area contributed by atoms with Crippen LogP contribution in [0.3, 0.4) is 0 Å². The molecule has 0 spiro atoms. The zero-order chi connectivity index (χ0) is 16.8. The van der Waals surface area contributed by atoms with E-state index in [0.29, 0.717) is 10.4 Å². The number of thiophene rings is 1. The van der Waals surface area contributed by atoms with E-state index in [-0.39, 0.29) is 5.91 Å². The smallest absolute Gasteiger partial charge is 0.279 e. The second kappa shape index (κ2) is 7.55. The number of benzene rings is 1. The number of rotatable bonds is 4. The van der Waals surface area contributed by atoms with Gasteiger partial charge in [0.1, 0.15) is 6.04 Å². The summed E-state index contributed by atoms with van der Waals surface area (Å²) in [5.41, 5.74) is 6.04. The number of aryl methyl sites for hydroxylation is 1. The summed E-state index contributed by atoms with van der Waals surface area (Å²) in [6.45, 7) is 3.42. The van der Waals surface area contributed by atoms with Gasteiger partial charge in [0, 0.05) is 5.56 Å². The Bertz CT molecular complexity index is 713. The highest BCUT2D eigenvalue weighted by atomic mass is 32.1. The Morgan fingerprint density at radius 3 is 2.48 bits per heavy atom. The molecular formula is C16H17N3O3S. The summed E-state index contributed by atoms with van der Waals surface area (Å²) in [5.74, 6) is -1.25. The summed E-state index contributed by atoms with van der Waals surface area (Å²) in [4.78, 5) is 36.2. The Kier molecular flexibility index (Phi) is 5.48. The van der Waals surface area contributed by atoms with Crippen molar-refractivity contribution < 1.29 is 14.4 Å². The molecule has 23 heavy (non-hydrogen) atoms. The van der Waals surface area contributed by atoms with Crippen molar-refractivity contribution in [2.75, 3.05) is 0 Å². The fraction of sp³-hybridized carbons (Fsp3) is 0.188. The van der Waals surface area contributed by atoms with E-state index in [9.17, 15) is 14.4 Å². The maximum absolute atomic E-state index is 12.1. The molecule has 0 saturated heterocycles. The summed E-state index contributed by atoms with van der Waals surface area (Å²) in [6, 6.07) is 9.67. The van der Waals surface area contributed by atoms with Crippen LogP contribution in [-0.4, -0.2) is 23.8 Å². The second-order valence-electron chi connectivity index (χ2n) is 4.99. The maximum atomic E-state index is 12.1. The minimum atomic E-state index is -0.786. The maximum Gasteiger partial charge on any atom is 0.279 e. The Morgan fingerprint density at radius 2 is 1.83 bits per heavy atom. The number of amides is 3. The molecule has 2 aromatic rings. The normalized spacial score (nSPS) is 11.4. The summed E-state index contributed by atoms with van der Waals surface area (Å²) >= 11 is 1.27. The van der Waals surface area contributed by atoms with Gasteiger partial charge >= 0.3 is 0 Å². The zero-order valence-electron chi connectivity index (χ0n) is 12.8. The van der Waals surface area contributed by atoms with Gasteiger partial charge in [-0.1, -0.05) is 23.8 Å². The fourth-order valence-electron chi connectivity index (χ4n) is 1.83. The summed E-state index contributed by atoms with van der Waals surface area (Å²) in [5, 5.41) is 4.35. The molecule has 1 aromatic carbocycles. The van der Waals surface area contributed by atoms with Crippen LogP contribution in [0.5, 0.6) is 0 Å². The Morgan fingerprint density at radius 1 is 1.04 bits per heavy atom. The van der Waals surface area contributed by atoms with Crippen molar-refractivity contribution in [2.45, 2.75) is 19.9 Å². The van der Waals surface area contributed by atoms with Crippen molar-refractivity contribution in [3.05, 3.63) is 57.8 Å².